The van der Waals surface area contributed by atoms with Crippen molar-refractivity contribution in [2.24, 2.45) is 4.99 Å². The number of ether oxygens (including phenoxy) is 1. The number of rotatable bonds is 5. The van der Waals surface area contributed by atoms with E-state index < -0.39 is 0 Å². The van der Waals surface area contributed by atoms with Gasteiger partial charge in [-0.2, -0.15) is 0 Å². The van der Waals surface area contributed by atoms with Gasteiger partial charge in [0.1, 0.15) is 0 Å². The minimum Gasteiger partial charge on any atom is -0.462 e. The average molecular weight is 169 g/mol. The lowest BCUT2D eigenvalue weighted by atomic mass is 10.4. The molecular formula is C8H11NO3. The van der Waals surface area contributed by atoms with Crippen LogP contribution in [0.5, 0.6) is 0 Å². The predicted octanol–water partition coefficient (Wildman–Crippen LogP) is 0.832. The number of aliphatic imine (C=N–C) groups is 1. The maximum absolute atomic E-state index is 10.7. The van der Waals surface area contributed by atoms with Crippen LogP contribution in [0.3, 0.4) is 0 Å². The molecule has 12 heavy (non-hydrogen) atoms. The van der Waals surface area contributed by atoms with Gasteiger partial charge in [-0.05, 0) is 6.92 Å². The van der Waals surface area contributed by atoms with Crippen molar-refractivity contribution in [2.75, 3.05) is 13.2 Å². The Morgan fingerprint density at radius 2 is 2.42 bits per heavy atom. The van der Waals surface area contributed by atoms with Gasteiger partial charge in [0.25, 0.3) is 0 Å². The lowest BCUT2D eigenvalue weighted by molar-refractivity contribution is -0.137. The number of nitrogens with zero attached hydrogens (tertiary/aromatic N) is 1. The standard InChI is InChI=1S/C8H11NO3/c1-2-4-8(11)12-6-3-5-9-7-10/h2,4H,3,5-6H2,1H3/b4-2+. The molecule has 0 bridgehead atoms. The van der Waals surface area contributed by atoms with Crippen molar-refractivity contribution < 1.29 is 14.3 Å². The minimum atomic E-state index is -0.368. The van der Waals surface area contributed by atoms with E-state index in [2.05, 4.69) is 4.99 Å². The molecule has 0 fully saturated rings. The number of carbonyl (C=O) groups excluding carboxylic acids is 2. The van der Waals surface area contributed by atoms with E-state index in [-0.39, 0.29) is 12.6 Å². The van der Waals surface area contributed by atoms with Crippen molar-refractivity contribution in [3.8, 4) is 0 Å². The van der Waals surface area contributed by atoms with Crippen molar-refractivity contribution in [3.05, 3.63) is 12.2 Å². The van der Waals surface area contributed by atoms with Gasteiger partial charge in [0, 0.05) is 12.5 Å². The monoisotopic (exact) mass is 169 g/mol. The molecule has 0 spiro atoms. The van der Waals surface area contributed by atoms with Crippen LogP contribution in [0, 0.1) is 0 Å². The molecule has 0 atom stereocenters. The predicted molar refractivity (Wildman–Crippen MR) is 43.4 cm³/mol. The highest BCUT2D eigenvalue weighted by atomic mass is 16.5. The zero-order chi connectivity index (χ0) is 9.23. The topological polar surface area (TPSA) is 55.7 Å². The Labute approximate surface area is 70.9 Å². The normalized spacial score (nSPS) is 9.42. The van der Waals surface area contributed by atoms with Crippen LogP contribution >= 0.6 is 0 Å². The van der Waals surface area contributed by atoms with Crippen LogP contribution in [-0.2, 0) is 14.3 Å². The summed E-state index contributed by atoms with van der Waals surface area (Å²) in [5.74, 6) is -0.368. The van der Waals surface area contributed by atoms with Crippen molar-refractivity contribution in [3.63, 3.8) is 0 Å². The Morgan fingerprint density at radius 3 is 3.00 bits per heavy atom. The molecule has 0 aliphatic carbocycles. The molecule has 0 saturated carbocycles. The molecule has 0 aromatic rings. The number of carbonyl (C=O) groups is 1. The van der Waals surface area contributed by atoms with Gasteiger partial charge in [0.2, 0.25) is 6.08 Å². The molecule has 0 aromatic heterocycles. The second kappa shape index (κ2) is 7.69. The molecule has 0 saturated heterocycles. The molecule has 66 valence electrons. The van der Waals surface area contributed by atoms with Crippen LogP contribution in [0.15, 0.2) is 17.1 Å². The molecule has 0 aromatic carbocycles. The third kappa shape index (κ3) is 6.71. The highest BCUT2D eigenvalue weighted by Crippen LogP contribution is 1.86. The molecule has 0 radical (unpaired) electrons. The van der Waals surface area contributed by atoms with E-state index in [9.17, 15) is 9.59 Å². The van der Waals surface area contributed by atoms with Crippen molar-refractivity contribution >= 4 is 12.0 Å². The fourth-order valence-electron chi connectivity index (χ4n) is 0.546. The SMILES string of the molecule is C/C=C/C(=O)OCCCN=C=O. The molecule has 0 amide bonds. The van der Waals surface area contributed by atoms with Gasteiger partial charge in [0.05, 0.1) is 13.2 Å². The summed E-state index contributed by atoms with van der Waals surface area (Å²) in [4.78, 5) is 23.6. The Bertz CT molecular complexity index is 204. The van der Waals surface area contributed by atoms with Crippen molar-refractivity contribution in [1.82, 2.24) is 0 Å². The second-order valence-corrected chi connectivity index (χ2v) is 1.99. The summed E-state index contributed by atoms with van der Waals surface area (Å²) in [6.07, 6.45) is 4.89. The minimum absolute atomic E-state index is 0.286. The molecular weight excluding hydrogens is 158 g/mol. The first-order valence-electron chi connectivity index (χ1n) is 3.64. The summed E-state index contributed by atoms with van der Waals surface area (Å²) < 4.78 is 4.71. The molecule has 0 N–H and O–H groups in total. The summed E-state index contributed by atoms with van der Waals surface area (Å²) in [7, 11) is 0. The summed E-state index contributed by atoms with van der Waals surface area (Å²) in [5, 5.41) is 0. The number of esters is 1. The number of hydrogen-bond acceptors (Lipinski definition) is 4. The van der Waals surface area contributed by atoms with E-state index in [4.69, 9.17) is 4.74 Å². The van der Waals surface area contributed by atoms with Crippen LogP contribution in [0.4, 0.5) is 0 Å². The Kier molecular flexibility index (Phi) is 6.79. The van der Waals surface area contributed by atoms with Gasteiger partial charge in [-0.15, -0.1) is 0 Å². The summed E-state index contributed by atoms with van der Waals surface area (Å²) >= 11 is 0. The highest BCUT2D eigenvalue weighted by Gasteiger charge is 1.93. The molecule has 4 nitrogen and oxygen atoms in total. The Morgan fingerprint density at radius 1 is 1.67 bits per heavy atom. The first-order valence-corrected chi connectivity index (χ1v) is 3.64. The summed E-state index contributed by atoms with van der Waals surface area (Å²) in [6.45, 7) is 2.37. The number of allylic oxidation sites excluding steroid dienone is 1. The summed E-state index contributed by atoms with van der Waals surface area (Å²) in [5.41, 5.74) is 0. The van der Waals surface area contributed by atoms with Crippen molar-refractivity contribution in [2.45, 2.75) is 13.3 Å². The van der Waals surface area contributed by atoms with E-state index in [0.29, 0.717) is 13.0 Å². The highest BCUT2D eigenvalue weighted by molar-refractivity contribution is 5.81. The molecule has 0 aliphatic rings. The van der Waals surface area contributed by atoms with E-state index in [1.54, 1.807) is 13.0 Å². The van der Waals surface area contributed by atoms with Crippen LogP contribution in [0.1, 0.15) is 13.3 Å². The molecule has 4 heteroatoms. The number of hydrogen-bond donors (Lipinski definition) is 0. The third-order valence-electron chi connectivity index (χ3n) is 1.03. The van der Waals surface area contributed by atoms with Crippen LogP contribution in [0.25, 0.3) is 0 Å². The fraction of sp³-hybridized carbons (Fsp3) is 0.500. The Balaban J connectivity index is 3.31. The maximum Gasteiger partial charge on any atom is 0.330 e. The lowest BCUT2D eigenvalue weighted by Gasteiger charge is -1.97. The molecule has 0 rings (SSSR count). The van der Waals surface area contributed by atoms with Crippen LogP contribution < -0.4 is 0 Å². The van der Waals surface area contributed by atoms with Gasteiger partial charge < -0.3 is 4.74 Å². The first-order chi connectivity index (χ1) is 5.81. The zero-order valence-corrected chi connectivity index (χ0v) is 6.95. The maximum atomic E-state index is 10.7. The summed E-state index contributed by atoms with van der Waals surface area (Å²) in [6, 6.07) is 0. The smallest absolute Gasteiger partial charge is 0.330 e. The first kappa shape index (κ1) is 10.6. The average Bonchev–Trinajstić information content (AvgIpc) is 2.05. The van der Waals surface area contributed by atoms with Crippen LogP contribution in [-0.4, -0.2) is 25.2 Å². The second-order valence-electron chi connectivity index (χ2n) is 1.99. The van der Waals surface area contributed by atoms with Gasteiger partial charge in [-0.1, -0.05) is 6.08 Å². The van der Waals surface area contributed by atoms with Gasteiger partial charge >= 0.3 is 5.97 Å². The van der Waals surface area contributed by atoms with Gasteiger partial charge in [0.15, 0.2) is 0 Å². The largest absolute Gasteiger partial charge is 0.462 e. The van der Waals surface area contributed by atoms with Crippen LogP contribution in [0.2, 0.25) is 0 Å². The Hall–Kier alpha value is -1.41. The van der Waals surface area contributed by atoms with E-state index in [1.165, 1.54) is 12.2 Å². The van der Waals surface area contributed by atoms with Crippen molar-refractivity contribution in [1.29, 1.82) is 0 Å². The van der Waals surface area contributed by atoms with E-state index in [1.807, 2.05) is 0 Å². The number of isocyanates is 1. The van der Waals surface area contributed by atoms with Gasteiger partial charge in [-0.3, -0.25) is 0 Å². The van der Waals surface area contributed by atoms with E-state index >= 15 is 0 Å². The lowest BCUT2D eigenvalue weighted by Crippen LogP contribution is -2.02. The zero-order valence-electron chi connectivity index (χ0n) is 6.95. The quantitative estimate of drug-likeness (QED) is 0.201. The third-order valence-corrected chi connectivity index (χ3v) is 1.03. The van der Waals surface area contributed by atoms with Gasteiger partial charge in [-0.25, -0.2) is 14.6 Å². The molecule has 0 aliphatic heterocycles. The van der Waals surface area contributed by atoms with E-state index in [0.717, 1.165) is 0 Å². The molecule has 0 heterocycles. The fourth-order valence-corrected chi connectivity index (χ4v) is 0.546. The molecule has 0 unspecified atom stereocenters.